The molecule has 0 bridgehead atoms. The SMILES string of the molecule is CCNC(=O)[C@@H](C)N(Cc1cccc(Cl)c1)C(=O)CN(c1ccccc1)S(=O)(=O)c1ccc(OCC)cc1. The molecule has 2 amide bonds. The first-order chi connectivity index (χ1) is 18.2. The van der Waals surface area contributed by atoms with Crippen molar-refractivity contribution in [2.45, 2.75) is 38.3 Å². The number of nitrogens with one attached hydrogen (secondary N) is 1. The number of carbonyl (C=O) groups excluding carboxylic acids is 2. The van der Waals surface area contributed by atoms with Crippen molar-refractivity contribution in [2.75, 3.05) is 24.0 Å². The predicted octanol–water partition coefficient (Wildman–Crippen LogP) is 4.49. The first-order valence-electron chi connectivity index (χ1n) is 12.3. The van der Waals surface area contributed by atoms with Gasteiger partial charge in [0, 0.05) is 18.1 Å². The van der Waals surface area contributed by atoms with Gasteiger partial charge in [-0.05, 0) is 74.9 Å². The molecule has 0 aliphatic rings. The van der Waals surface area contributed by atoms with Gasteiger partial charge in [0.25, 0.3) is 10.0 Å². The fourth-order valence-electron chi connectivity index (χ4n) is 3.86. The minimum Gasteiger partial charge on any atom is -0.494 e. The van der Waals surface area contributed by atoms with Crippen molar-refractivity contribution in [3.05, 3.63) is 89.4 Å². The number of anilines is 1. The van der Waals surface area contributed by atoms with E-state index in [0.29, 0.717) is 35.2 Å². The summed E-state index contributed by atoms with van der Waals surface area (Å²) in [5, 5.41) is 3.22. The van der Waals surface area contributed by atoms with Crippen LogP contribution in [0.1, 0.15) is 26.3 Å². The second kappa shape index (κ2) is 13.3. The molecule has 0 heterocycles. The molecule has 202 valence electrons. The van der Waals surface area contributed by atoms with Gasteiger partial charge in [-0.3, -0.25) is 13.9 Å². The van der Waals surface area contributed by atoms with E-state index in [9.17, 15) is 18.0 Å². The van der Waals surface area contributed by atoms with Gasteiger partial charge in [-0.15, -0.1) is 0 Å². The fraction of sp³-hybridized carbons (Fsp3) is 0.286. The lowest BCUT2D eigenvalue weighted by Gasteiger charge is -2.32. The highest BCUT2D eigenvalue weighted by atomic mass is 35.5. The van der Waals surface area contributed by atoms with Crippen LogP contribution in [0.25, 0.3) is 0 Å². The fourth-order valence-corrected chi connectivity index (χ4v) is 5.49. The number of rotatable bonds is 12. The molecule has 0 fully saturated rings. The van der Waals surface area contributed by atoms with Crippen molar-refractivity contribution in [3.63, 3.8) is 0 Å². The molecule has 3 rings (SSSR count). The zero-order valence-electron chi connectivity index (χ0n) is 21.6. The van der Waals surface area contributed by atoms with E-state index in [1.807, 2.05) is 6.92 Å². The van der Waals surface area contributed by atoms with Gasteiger partial charge in [0.15, 0.2) is 0 Å². The summed E-state index contributed by atoms with van der Waals surface area (Å²) in [5.41, 5.74) is 1.03. The van der Waals surface area contributed by atoms with Gasteiger partial charge in [-0.1, -0.05) is 41.9 Å². The maximum atomic E-state index is 13.8. The quantitative estimate of drug-likeness (QED) is 0.354. The number of hydrogen-bond donors (Lipinski definition) is 1. The van der Waals surface area contributed by atoms with Crippen LogP contribution >= 0.6 is 11.6 Å². The Labute approximate surface area is 229 Å². The average molecular weight is 558 g/mol. The highest BCUT2D eigenvalue weighted by Gasteiger charge is 2.32. The molecule has 3 aromatic rings. The van der Waals surface area contributed by atoms with E-state index in [1.165, 1.54) is 17.0 Å². The first kappa shape index (κ1) is 29.0. The summed E-state index contributed by atoms with van der Waals surface area (Å²) < 4.78 is 34.1. The van der Waals surface area contributed by atoms with E-state index in [2.05, 4.69) is 5.32 Å². The van der Waals surface area contributed by atoms with E-state index < -0.39 is 28.5 Å². The van der Waals surface area contributed by atoms with Gasteiger partial charge < -0.3 is 15.0 Å². The Morgan fingerprint density at radius 3 is 2.26 bits per heavy atom. The van der Waals surface area contributed by atoms with Crippen molar-refractivity contribution < 1.29 is 22.7 Å². The number of hydrogen-bond acceptors (Lipinski definition) is 5. The number of carbonyl (C=O) groups is 2. The maximum Gasteiger partial charge on any atom is 0.264 e. The van der Waals surface area contributed by atoms with E-state index in [-0.39, 0.29) is 17.3 Å². The molecule has 0 spiro atoms. The van der Waals surface area contributed by atoms with E-state index in [0.717, 1.165) is 4.31 Å². The smallest absolute Gasteiger partial charge is 0.264 e. The standard InChI is InChI=1S/C28H32ClN3O5S/c1-4-30-28(34)21(3)31(19-22-10-9-11-23(29)18-22)27(33)20-32(24-12-7-6-8-13-24)38(35,36)26-16-14-25(15-17-26)37-5-2/h6-18,21H,4-5,19-20H2,1-3H3,(H,30,34)/t21-/m1/s1. The van der Waals surface area contributed by atoms with Gasteiger partial charge >= 0.3 is 0 Å². The van der Waals surface area contributed by atoms with Crippen molar-refractivity contribution >= 4 is 39.1 Å². The molecule has 0 saturated heterocycles. The van der Waals surface area contributed by atoms with Gasteiger partial charge in [-0.25, -0.2) is 8.42 Å². The molecule has 0 aliphatic carbocycles. The highest BCUT2D eigenvalue weighted by molar-refractivity contribution is 7.92. The van der Waals surface area contributed by atoms with E-state index in [4.69, 9.17) is 16.3 Å². The minimum atomic E-state index is -4.14. The summed E-state index contributed by atoms with van der Waals surface area (Å²) in [5.74, 6) is -0.345. The summed E-state index contributed by atoms with van der Waals surface area (Å²) in [6.45, 7) is 5.64. The third kappa shape index (κ3) is 7.26. The number of likely N-dealkylation sites (N-methyl/N-ethyl adjacent to an activating group) is 1. The van der Waals surface area contributed by atoms with Crippen LogP contribution in [-0.4, -0.2) is 50.9 Å². The Balaban J connectivity index is 1.99. The highest BCUT2D eigenvalue weighted by Crippen LogP contribution is 2.26. The number of nitrogens with zero attached hydrogens (tertiary/aromatic N) is 2. The molecule has 1 N–H and O–H groups in total. The maximum absolute atomic E-state index is 13.8. The summed E-state index contributed by atoms with van der Waals surface area (Å²) in [7, 11) is -4.14. The van der Waals surface area contributed by atoms with E-state index in [1.54, 1.807) is 80.6 Å². The Morgan fingerprint density at radius 2 is 1.66 bits per heavy atom. The van der Waals surface area contributed by atoms with Crippen molar-refractivity contribution in [1.82, 2.24) is 10.2 Å². The molecule has 1 atom stereocenters. The number of amides is 2. The number of para-hydroxylation sites is 1. The second-order valence-electron chi connectivity index (χ2n) is 8.47. The predicted molar refractivity (Wildman–Crippen MR) is 149 cm³/mol. The van der Waals surface area contributed by atoms with Crippen LogP contribution in [0.3, 0.4) is 0 Å². The Hall–Kier alpha value is -3.56. The van der Waals surface area contributed by atoms with Crippen molar-refractivity contribution in [3.8, 4) is 5.75 Å². The van der Waals surface area contributed by atoms with Crippen molar-refractivity contribution in [2.24, 2.45) is 0 Å². The van der Waals surface area contributed by atoms with Crippen LogP contribution in [0, 0.1) is 0 Å². The van der Waals surface area contributed by atoms with Crippen LogP contribution in [0.5, 0.6) is 5.75 Å². The van der Waals surface area contributed by atoms with Crippen LogP contribution < -0.4 is 14.4 Å². The van der Waals surface area contributed by atoms with Gasteiger partial charge in [0.1, 0.15) is 18.3 Å². The summed E-state index contributed by atoms with van der Waals surface area (Å²) in [6, 6.07) is 20.5. The lowest BCUT2D eigenvalue weighted by molar-refractivity contribution is -0.139. The summed E-state index contributed by atoms with van der Waals surface area (Å²) >= 11 is 6.14. The third-order valence-electron chi connectivity index (χ3n) is 5.81. The molecule has 0 unspecified atom stereocenters. The van der Waals surface area contributed by atoms with Gasteiger partial charge in [0.2, 0.25) is 11.8 Å². The zero-order chi connectivity index (χ0) is 27.7. The van der Waals surface area contributed by atoms with E-state index >= 15 is 0 Å². The molecular formula is C28H32ClN3O5S. The van der Waals surface area contributed by atoms with Gasteiger partial charge in [-0.2, -0.15) is 0 Å². The number of ether oxygens (including phenoxy) is 1. The monoisotopic (exact) mass is 557 g/mol. The van der Waals surface area contributed by atoms with Gasteiger partial charge in [0.05, 0.1) is 17.2 Å². The van der Waals surface area contributed by atoms with Crippen LogP contribution in [0.15, 0.2) is 83.8 Å². The second-order valence-corrected chi connectivity index (χ2v) is 10.8. The normalized spacial score (nSPS) is 11.9. The van der Waals surface area contributed by atoms with Crippen LogP contribution in [0.4, 0.5) is 5.69 Å². The van der Waals surface area contributed by atoms with Crippen molar-refractivity contribution in [1.29, 1.82) is 0 Å². The topological polar surface area (TPSA) is 96.0 Å². The Kier molecular flexibility index (Phi) is 10.2. The van der Waals surface area contributed by atoms with Crippen LogP contribution in [-0.2, 0) is 26.2 Å². The molecule has 10 heteroatoms. The minimum absolute atomic E-state index is 0.00997. The molecule has 0 aliphatic heterocycles. The lowest BCUT2D eigenvalue weighted by Crippen LogP contribution is -2.51. The molecule has 3 aromatic carbocycles. The molecule has 0 radical (unpaired) electrons. The number of halogens is 1. The molecule has 8 nitrogen and oxygen atoms in total. The van der Waals surface area contributed by atoms with Crippen LogP contribution in [0.2, 0.25) is 5.02 Å². The molecular weight excluding hydrogens is 526 g/mol. The zero-order valence-corrected chi connectivity index (χ0v) is 23.2. The summed E-state index contributed by atoms with van der Waals surface area (Å²) in [4.78, 5) is 27.9. The Morgan fingerprint density at radius 1 is 0.974 bits per heavy atom. The molecule has 0 saturated carbocycles. The largest absolute Gasteiger partial charge is 0.494 e. The summed E-state index contributed by atoms with van der Waals surface area (Å²) in [6.07, 6.45) is 0. The third-order valence-corrected chi connectivity index (χ3v) is 7.83. The molecule has 38 heavy (non-hydrogen) atoms. The average Bonchev–Trinajstić information content (AvgIpc) is 2.91. The number of benzene rings is 3. The molecule has 0 aromatic heterocycles. The number of sulfonamides is 1. The Bertz CT molecular complexity index is 1330. The first-order valence-corrected chi connectivity index (χ1v) is 14.1. The lowest BCUT2D eigenvalue weighted by atomic mass is 10.1.